The Bertz CT molecular complexity index is 620. The van der Waals surface area contributed by atoms with Crippen LogP contribution in [-0.4, -0.2) is 42.1 Å². The lowest BCUT2D eigenvalue weighted by atomic mass is 10.2. The van der Waals surface area contributed by atoms with Crippen molar-refractivity contribution in [3.63, 3.8) is 0 Å². The van der Waals surface area contributed by atoms with Crippen LogP contribution in [0.15, 0.2) is 24.3 Å². The number of halogens is 1. The lowest BCUT2D eigenvalue weighted by molar-refractivity contribution is -0.172. The quantitative estimate of drug-likeness (QED) is 0.531. The van der Waals surface area contributed by atoms with Gasteiger partial charge in [-0.15, -0.1) is 0 Å². The molecule has 1 aromatic carbocycles. The van der Waals surface area contributed by atoms with Crippen molar-refractivity contribution in [2.45, 2.75) is 33.2 Å². The Kier molecular flexibility index (Phi) is 8.00. The number of benzene rings is 1. The van der Waals surface area contributed by atoms with Gasteiger partial charge in [0.1, 0.15) is 5.75 Å². The Morgan fingerprint density at radius 1 is 1.24 bits per heavy atom. The highest BCUT2D eigenvalue weighted by atomic mass is 35.5. The van der Waals surface area contributed by atoms with Crippen molar-refractivity contribution < 1.29 is 33.7 Å². The molecule has 1 amide bonds. The molecule has 0 fully saturated rings. The van der Waals surface area contributed by atoms with E-state index in [4.69, 9.17) is 25.8 Å². The highest BCUT2D eigenvalue weighted by Gasteiger charge is 2.24. The number of hydrogen-bond acceptors (Lipinski definition) is 6. The number of alkyl carbamates (subject to hydrolysis) is 1. The third kappa shape index (κ3) is 7.75. The minimum Gasteiger partial charge on any atom is -0.478 e. The first-order chi connectivity index (χ1) is 11.7. The Hall–Kier alpha value is -2.48. The molecule has 0 aromatic heterocycles. The summed E-state index contributed by atoms with van der Waals surface area (Å²) in [6, 6.07) is 6.20. The summed E-state index contributed by atoms with van der Waals surface area (Å²) in [5.41, 5.74) is 0. The molecule has 9 heteroatoms. The minimum atomic E-state index is -1.35. The van der Waals surface area contributed by atoms with Crippen LogP contribution in [0.4, 0.5) is 4.79 Å². The summed E-state index contributed by atoms with van der Waals surface area (Å²) in [6.07, 6.45) is -3.35. The Labute approximate surface area is 150 Å². The van der Waals surface area contributed by atoms with Gasteiger partial charge in [0.05, 0.1) is 6.54 Å². The van der Waals surface area contributed by atoms with Gasteiger partial charge < -0.3 is 24.6 Å². The molecule has 0 bridgehead atoms. The largest absolute Gasteiger partial charge is 0.478 e. The van der Waals surface area contributed by atoms with E-state index in [1.54, 1.807) is 26.0 Å². The Morgan fingerprint density at radius 3 is 2.44 bits per heavy atom. The minimum absolute atomic E-state index is 0.245. The average Bonchev–Trinajstić information content (AvgIpc) is 2.50. The Morgan fingerprint density at radius 2 is 1.92 bits per heavy atom. The summed E-state index contributed by atoms with van der Waals surface area (Å²) in [7, 11) is 0. The molecule has 0 aliphatic carbocycles. The van der Waals surface area contributed by atoms with Gasteiger partial charge in [-0.25, -0.2) is 9.59 Å². The zero-order chi connectivity index (χ0) is 19.0. The van der Waals surface area contributed by atoms with Crippen LogP contribution < -0.4 is 10.1 Å². The van der Waals surface area contributed by atoms with Gasteiger partial charge >= 0.3 is 18.0 Å². The fourth-order valence-corrected chi connectivity index (χ4v) is 1.85. The normalized spacial score (nSPS) is 12.8. The van der Waals surface area contributed by atoms with Gasteiger partial charge in [-0.05, 0) is 18.2 Å². The molecule has 0 spiro atoms. The maximum Gasteiger partial charge on any atom is 0.410 e. The second-order valence-corrected chi connectivity index (χ2v) is 5.85. The molecule has 0 saturated heterocycles. The van der Waals surface area contributed by atoms with Gasteiger partial charge in [0.15, 0.2) is 0 Å². The number of esters is 1. The van der Waals surface area contributed by atoms with Gasteiger partial charge in [-0.3, -0.25) is 4.79 Å². The standard InChI is InChI=1S/C16H20ClNO7/c1-9(2)15(23-10(3)19)25-16(22)18-8-13(14(20)21)24-12-6-4-5-11(17)7-12/h4-7,9,13,15H,8H2,1-3H3,(H,18,22)(H,20,21)/t13-,15-/m0/s1. The molecule has 25 heavy (non-hydrogen) atoms. The summed E-state index contributed by atoms with van der Waals surface area (Å²) >= 11 is 5.81. The molecule has 0 aliphatic rings. The van der Waals surface area contributed by atoms with Crippen molar-refractivity contribution in [1.82, 2.24) is 5.32 Å². The zero-order valence-corrected chi connectivity index (χ0v) is 14.8. The molecule has 0 radical (unpaired) electrons. The lowest BCUT2D eigenvalue weighted by Gasteiger charge is -2.21. The fourth-order valence-electron chi connectivity index (χ4n) is 1.67. The van der Waals surface area contributed by atoms with Gasteiger partial charge in [-0.2, -0.15) is 0 Å². The molecule has 1 rings (SSSR count). The number of carboxylic acid groups (broad SMARTS) is 1. The van der Waals surface area contributed by atoms with Crippen molar-refractivity contribution in [3.05, 3.63) is 29.3 Å². The number of ether oxygens (including phenoxy) is 3. The van der Waals surface area contributed by atoms with E-state index in [-0.39, 0.29) is 18.2 Å². The maximum atomic E-state index is 11.8. The summed E-state index contributed by atoms with van der Waals surface area (Å²) in [6.45, 7) is 4.23. The molecule has 0 unspecified atom stereocenters. The smallest absolute Gasteiger partial charge is 0.410 e. The van der Waals surface area contributed by atoms with Crippen molar-refractivity contribution in [1.29, 1.82) is 0 Å². The predicted octanol–water partition coefficient (Wildman–Crippen LogP) is 2.44. The first-order valence-electron chi connectivity index (χ1n) is 7.45. The number of aliphatic carboxylic acids is 1. The van der Waals surface area contributed by atoms with Gasteiger partial charge in [0.2, 0.25) is 6.10 Å². The number of rotatable bonds is 8. The van der Waals surface area contributed by atoms with Gasteiger partial charge in [0, 0.05) is 17.9 Å². The topological polar surface area (TPSA) is 111 Å². The van der Waals surface area contributed by atoms with E-state index in [1.807, 2.05) is 0 Å². The number of carbonyl (C=O) groups is 3. The third-order valence-electron chi connectivity index (χ3n) is 2.83. The second kappa shape index (κ2) is 9.73. The van der Waals surface area contributed by atoms with Crippen molar-refractivity contribution in [2.75, 3.05) is 6.54 Å². The highest BCUT2D eigenvalue weighted by Crippen LogP contribution is 2.18. The summed E-state index contributed by atoms with van der Waals surface area (Å²) in [4.78, 5) is 34.0. The van der Waals surface area contributed by atoms with Crippen LogP contribution in [0, 0.1) is 5.92 Å². The summed E-state index contributed by atoms with van der Waals surface area (Å²) in [5.74, 6) is -1.90. The molecular weight excluding hydrogens is 354 g/mol. The molecule has 2 N–H and O–H groups in total. The van der Waals surface area contributed by atoms with Crippen molar-refractivity contribution >= 4 is 29.6 Å². The molecular formula is C16H20ClNO7. The van der Waals surface area contributed by atoms with E-state index in [0.29, 0.717) is 5.02 Å². The van der Waals surface area contributed by atoms with Gasteiger partial charge in [0.25, 0.3) is 6.29 Å². The van der Waals surface area contributed by atoms with E-state index >= 15 is 0 Å². The van der Waals surface area contributed by atoms with E-state index in [9.17, 15) is 19.5 Å². The van der Waals surface area contributed by atoms with Crippen molar-refractivity contribution in [2.24, 2.45) is 5.92 Å². The molecule has 0 saturated carbocycles. The second-order valence-electron chi connectivity index (χ2n) is 5.41. The van der Waals surface area contributed by atoms with E-state index < -0.39 is 30.4 Å². The first-order valence-corrected chi connectivity index (χ1v) is 7.83. The van der Waals surface area contributed by atoms with Crippen LogP contribution in [0.5, 0.6) is 5.75 Å². The number of hydrogen-bond donors (Lipinski definition) is 2. The van der Waals surface area contributed by atoms with E-state index in [0.717, 1.165) is 0 Å². The SMILES string of the molecule is CC(=O)O[C@@H](OC(=O)NC[C@H](Oc1cccc(Cl)c1)C(=O)O)C(C)C. The predicted molar refractivity (Wildman–Crippen MR) is 88.4 cm³/mol. The zero-order valence-electron chi connectivity index (χ0n) is 14.0. The number of nitrogens with one attached hydrogen (secondary N) is 1. The Balaban J connectivity index is 2.60. The van der Waals surface area contributed by atoms with Crippen LogP contribution in [0.2, 0.25) is 5.02 Å². The molecule has 2 atom stereocenters. The summed E-state index contributed by atoms with van der Waals surface area (Å²) in [5, 5.41) is 11.8. The van der Waals surface area contributed by atoms with Crippen LogP contribution in [0.25, 0.3) is 0 Å². The number of carboxylic acids is 1. The monoisotopic (exact) mass is 373 g/mol. The van der Waals surface area contributed by atoms with Gasteiger partial charge in [-0.1, -0.05) is 31.5 Å². The summed E-state index contributed by atoms with van der Waals surface area (Å²) < 4.78 is 15.1. The molecule has 1 aromatic rings. The van der Waals surface area contributed by atoms with Crippen LogP contribution >= 0.6 is 11.6 Å². The van der Waals surface area contributed by atoms with E-state index in [2.05, 4.69) is 5.32 Å². The van der Waals surface area contributed by atoms with Crippen LogP contribution in [-0.2, 0) is 19.1 Å². The molecule has 138 valence electrons. The lowest BCUT2D eigenvalue weighted by Crippen LogP contribution is -2.42. The number of amides is 1. The fraction of sp³-hybridized carbons (Fsp3) is 0.438. The molecule has 0 aliphatic heterocycles. The first kappa shape index (κ1) is 20.6. The molecule has 8 nitrogen and oxygen atoms in total. The van der Waals surface area contributed by atoms with Crippen LogP contribution in [0.3, 0.4) is 0 Å². The molecule has 0 heterocycles. The highest BCUT2D eigenvalue weighted by molar-refractivity contribution is 6.30. The van der Waals surface area contributed by atoms with E-state index in [1.165, 1.54) is 19.1 Å². The van der Waals surface area contributed by atoms with Crippen LogP contribution in [0.1, 0.15) is 20.8 Å². The third-order valence-corrected chi connectivity index (χ3v) is 3.07. The average molecular weight is 374 g/mol. The van der Waals surface area contributed by atoms with Crippen molar-refractivity contribution in [3.8, 4) is 5.75 Å². The maximum absolute atomic E-state index is 11.8. The number of carbonyl (C=O) groups excluding carboxylic acids is 2.